The molecule has 0 N–H and O–H groups in total. The largest absolute Gasteiger partial charge is 0.293 e. The molecule has 2 heterocycles. The maximum atomic E-state index is 13.0. The molecule has 2 aromatic heterocycles. The number of aryl methyl sites for hydroxylation is 2. The van der Waals surface area contributed by atoms with Crippen LogP contribution in [0.2, 0.25) is 0 Å². The first-order chi connectivity index (χ1) is 12.6. The van der Waals surface area contributed by atoms with Crippen LogP contribution in [-0.2, 0) is 19.4 Å². The summed E-state index contributed by atoms with van der Waals surface area (Å²) >= 11 is 6.36. The van der Waals surface area contributed by atoms with Gasteiger partial charge in [-0.3, -0.25) is 14.2 Å². The number of nitrogens with zero attached hydrogens (tertiary/aromatic N) is 2. The first kappa shape index (κ1) is 17.9. The molecule has 0 saturated carbocycles. The number of hydrogen-bond acceptors (Lipinski definition) is 5. The molecule has 1 aliphatic rings. The van der Waals surface area contributed by atoms with Gasteiger partial charge in [-0.15, -0.1) is 11.3 Å². The summed E-state index contributed by atoms with van der Waals surface area (Å²) in [6.45, 7) is 2.50. The number of halogens is 1. The van der Waals surface area contributed by atoms with Crippen LogP contribution in [0.4, 0.5) is 0 Å². The van der Waals surface area contributed by atoms with Gasteiger partial charge in [0, 0.05) is 21.5 Å². The van der Waals surface area contributed by atoms with Crippen molar-refractivity contribution in [2.75, 3.05) is 5.75 Å². The van der Waals surface area contributed by atoms with Gasteiger partial charge in [0.1, 0.15) is 4.83 Å². The molecule has 4 rings (SSSR count). The van der Waals surface area contributed by atoms with Crippen molar-refractivity contribution < 1.29 is 4.79 Å². The van der Waals surface area contributed by atoms with Crippen molar-refractivity contribution in [1.82, 2.24) is 9.55 Å². The highest BCUT2D eigenvalue weighted by Gasteiger charge is 2.23. The van der Waals surface area contributed by atoms with Crippen molar-refractivity contribution in [3.8, 4) is 0 Å². The van der Waals surface area contributed by atoms with Gasteiger partial charge in [0.2, 0.25) is 0 Å². The summed E-state index contributed by atoms with van der Waals surface area (Å²) in [5, 5.41) is 1.43. The van der Waals surface area contributed by atoms with Crippen molar-refractivity contribution >= 4 is 55.0 Å². The fourth-order valence-corrected chi connectivity index (χ4v) is 5.82. The number of thiophene rings is 1. The second-order valence-corrected chi connectivity index (χ2v) is 9.14. The monoisotopic (exact) mass is 448 g/mol. The van der Waals surface area contributed by atoms with E-state index < -0.39 is 0 Å². The van der Waals surface area contributed by atoms with E-state index in [1.54, 1.807) is 28.0 Å². The first-order valence-electron chi connectivity index (χ1n) is 8.55. The van der Waals surface area contributed by atoms with Crippen LogP contribution in [0.15, 0.2) is 38.7 Å². The molecule has 0 fully saturated rings. The average molecular weight is 449 g/mol. The van der Waals surface area contributed by atoms with Crippen LogP contribution in [0.25, 0.3) is 10.2 Å². The number of fused-ring (bicyclic) bond motifs is 3. The van der Waals surface area contributed by atoms with E-state index in [1.807, 2.05) is 19.1 Å². The summed E-state index contributed by atoms with van der Waals surface area (Å²) in [6, 6.07) is 7.33. The number of hydrogen-bond donors (Lipinski definition) is 0. The SMILES string of the molecule is CCn1c(SCC(=O)c2ccc(Br)cc2)nc2sc3c(c2c1=O)CCC3. The molecule has 0 amide bonds. The summed E-state index contributed by atoms with van der Waals surface area (Å²) in [4.78, 5) is 32.3. The fourth-order valence-electron chi connectivity index (χ4n) is 3.30. The van der Waals surface area contributed by atoms with Gasteiger partial charge in [-0.1, -0.05) is 39.8 Å². The van der Waals surface area contributed by atoms with Gasteiger partial charge in [0.05, 0.1) is 11.1 Å². The maximum absolute atomic E-state index is 13.0. The quantitative estimate of drug-likeness (QED) is 0.322. The van der Waals surface area contributed by atoms with Crippen molar-refractivity contribution in [3.05, 3.63) is 55.1 Å². The average Bonchev–Trinajstić information content (AvgIpc) is 3.21. The number of ketones is 1. The minimum Gasteiger partial charge on any atom is -0.293 e. The Morgan fingerprint density at radius 2 is 2.08 bits per heavy atom. The lowest BCUT2D eigenvalue weighted by atomic mass is 10.2. The number of aromatic nitrogens is 2. The molecular formula is C19H17BrN2O2S2. The molecule has 0 atom stereocenters. The highest BCUT2D eigenvalue weighted by atomic mass is 79.9. The lowest BCUT2D eigenvalue weighted by molar-refractivity contribution is 0.102. The number of benzene rings is 1. The number of thioether (sulfide) groups is 1. The normalized spacial score (nSPS) is 13.3. The number of carbonyl (C=O) groups excluding carboxylic acids is 1. The molecule has 0 unspecified atom stereocenters. The highest BCUT2D eigenvalue weighted by molar-refractivity contribution is 9.10. The molecule has 4 nitrogen and oxygen atoms in total. The van der Waals surface area contributed by atoms with Crippen molar-refractivity contribution in [3.63, 3.8) is 0 Å². The smallest absolute Gasteiger partial charge is 0.263 e. The zero-order valence-electron chi connectivity index (χ0n) is 14.3. The molecular weight excluding hydrogens is 432 g/mol. The Labute approximate surface area is 167 Å². The predicted octanol–water partition coefficient (Wildman–Crippen LogP) is 4.70. The van der Waals surface area contributed by atoms with Crippen LogP contribution in [0, 0.1) is 0 Å². The summed E-state index contributed by atoms with van der Waals surface area (Å²) < 4.78 is 2.65. The third kappa shape index (κ3) is 3.17. The van der Waals surface area contributed by atoms with Gasteiger partial charge in [-0.2, -0.15) is 0 Å². The molecule has 0 spiro atoms. The van der Waals surface area contributed by atoms with Gasteiger partial charge >= 0.3 is 0 Å². The number of Topliss-reactive ketones (excluding diaryl/α,β-unsaturated/α-hetero) is 1. The van der Waals surface area contributed by atoms with E-state index in [-0.39, 0.29) is 17.1 Å². The Hall–Kier alpha value is -1.44. The molecule has 3 aromatic rings. The van der Waals surface area contributed by atoms with Gasteiger partial charge in [-0.05, 0) is 43.9 Å². The Balaban J connectivity index is 1.65. The Kier molecular flexibility index (Phi) is 5.03. The standard InChI is InChI=1S/C19H17BrN2O2S2/c1-2-22-18(24)16-13-4-3-5-15(13)26-17(16)21-19(22)25-10-14(23)11-6-8-12(20)9-7-11/h6-9H,2-5,10H2,1H3. The van der Waals surface area contributed by atoms with E-state index in [0.717, 1.165) is 34.0 Å². The van der Waals surface area contributed by atoms with E-state index in [1.165, 1.54) is 22.2 Å². The Morgan fingerprint density at radius 3 is 2.81 bits per heavy atom. The van der Waals surface area contributed by atoms with Gasteiger partial charge in [0.25, 0.3) is 5.56 Å². The molecule has 0 bridgehead atoms. The Bertz CT molecular complexity index is 1050. The molecule has 0 aliphatic heterocycles. The Morgan fingerprint density at radius 1 is 1.31 bits per heavy atom. The van der Waals surface area contributed by atoms with Gasteiger partial charge < -0.3 is 0 Å². The van der Waals surface area contributed by atoms with E-state index in [9.17, 15) is 9.59 Å². The predicted molar refractivity (Wildman–Crippen MR) is 111 cm³/mol. The van der Waals surface area contributed by atoms with Gasteiger partial charge in [-0.25, -0.2) is 4.98 Å². The molecule has 1 aromatic carbocycles. The van der Waals surface area contributed by atoms with Crippen LogP contribution < -0.4 is 5.56 Å². The minimum absolute atomic E-state index is 0.0353. The fraction of sp³-hybridized carbons (Fsp3) is 0.316. The topological polar surface area (TPSA) is 52.0 Å². The van der Waals surface area contributed by atoms with Crippen LogP contribution in [0.5, 0.6) is 0 Å². The molecule has 26 heavy (non-hydrogen) atoms. The second-order valence-electron chi connectivity index (χ2n) is 6.20. The number of rotatable bonds is 5. The number of carbonyl (C=O) groups is 1. The van der Waals surface area contributed by atoms with E-state index in [0.29, 0.717) is 17.3 Å². The lowest BCUT2D eigenvalue weighted by Crippen LogP contribution is -2.23. The summed E-state index contributed by atoms with van der Waals surface area (Å²) in [7, 11) is 0. The zero-order valence-corrected chi connectivity index (χ0v) is 17.5. The van der Waals surface area contributed by atoms with Crippen molar-refractivity contribution in [2.45, 2.75) is 37.9 Å². The molecule has 1 aliphatic carbocycles. The van der Waals surface area contributed by atoms with Crippen LogP contribution in [0.3, 0.4) is 0 Å². The molecule has 0 saturated heterocycles. The van der Waals surface area contributed by atoms with Gasteiger partial charge in [0.15, 0.2) is 10.9 Å². The lowest BCUT2D eigenvalue weighted by Gasteiger charge is -2.10. The second kappa shape index (κ2) is 7.29. The van der Waals surface area contributed by atoms with Crippen LogP contribution >= 0.6 is 39.0 Å². The third-order valence-electron chi connectivity index (χ3n) is 4.60. The summed E-state index contributed by atoms with van der Waals surface area (Å²) in [5.41, 5.74) is 1.91. The minimum atomic E-state index is 0.0353. The van der Waals surface area contributed by atoms with Crippen LogP contribution in [0.1, 0.15) is 34.1 Å². The van der Waals surface area contributed by atoms with E-state index in [4.69, 9.17) is 4.98 Å². The molecule has 7 heteroatoms. The first-order valence-corrected chi connectivity index (χ1v) is 11.1. The van der Waals surface area contributed by atoms with E-state index in [2.05, 4.69) is 15.9 Å². The van der Waals surface area contributed by atoms with Crippen LogP contribution in [-0.4, -0.2) is 21.1 Å². The summed E-state index contributed by atoms with van der Waals surface area (Å²) in [6.07, 6.45) is 3.15. The molecule has 0 radical (unpaired) electrons. The van der Waals surface area contributed by atoms with Crippen molar-refractivity contribution in [1.29, 1.82) is 0 Å². The zero-order chi connectivity index (χ0) is 18.3. The van der Waals surface area contributed by atoms with E-state index >= 15 is 0 Å². The summed E-state index contributed by atoms with van der Waals surface area (Å²) in [5.74, 6) is 0.304. The third-order valence-corrected chi connectivity index (χ3v) is 7.30. The maximum Gasteiger partial charge on any atom is 0.263 e. The van der Waals surface area contributed by atoms with Crippen molar-refractivity contribution in [2.24, 2.45) is 0 Å². The highest BCUT2D eigenvalue weighted by Crippen LogP contribution is 2.35. The molecule has 134 valence electrons.